The van der Waals surface area contributed by atoms with Gasteiger partial charge in [-0.15, -0.1) is 0 Å². The van der Waals surface area contributed by atoms with Crippen molar-refractivity contribution in [3.63, 3.8) is 0 Å². The van der Waals surface area contributed by atoms with Crippen LogP contribution >= 0.6 is 0 Å². The summed E-state index contributed by atoms with van der Waals surface area (Å²) < 4.78 is 42.6. The number of nitrogens with zero attached hydrogens (tertiary/aromatic N) is 1. The minimum atomic E-state index is -4.71. The van der Waals surface area contributed by atoms with Gasteiger partial charge in [0.15, 0.2) is 0 Å². The molecule has 166 valence electrons. The molecule has 1 atom stereocenters. The van der Waals surface area contributed by atoms with Gasteiger partial charge >= 0.3 is 6.18 Å². The maximum Gasteiger partial charge on any atom is 0.418 e. The Morgan fingerprint density at radius 3 is 2.72 bits per heavy atom. The number of piperidine rings is 1. The average Bonchev–Trinajstić information content (AvgIpc) is 3.11. The standard InChI is InChI=1S/C23H21F3N4O2/c1-2-6-18(31)28-13-7-5-10-30(12-13)21-16(23(24,25)26)11-15(22(27)32)20-19(21)14-8-3-4-9-17(14)29-20/h3-4,8-9,11,13,29H,5,7,10,12H2,1H3,(H2,27,32)(H,28,31)/t13-/m1/s1. The van der Waals surface area contributed by atoms with Gasteiger partial charge in [0, 0.05) is 35.4 Å². The minimum absolute atomic E-state index is 0.0181. The van der Waals surface area contributed by atoms with Crippen molar-refractivity contribution in [2.75, 3.05) is 18.0 Å². The first kappa shape index (κ1) is 21.6. The summed E-state index contributed by atoms with van der Waals surface area (Å²) >= 11 is 0. The number of hydrogen-bond acceptors (Lipinski definition) is 3. The van der Waals surface area contributed by atoms with Crippen molar-refractivity contribution in [1.29, 1.82) is 0 Å². The van der Waals surface area contributed by atoms with Crippen LogP contribution in [-0.2, 0) is 11.0 Å². The molecule has 0 radical (unpaired) electrons. The maximum absolute atomic E-state index is 14.2. The van der Waals surface area contributed by atoms with Crippen LogP contribution in [-0.4, -0.2) is 35.9 Å². The third-order valence-electron chi connectivity index (χ3n) is 5.64. The molecule has 0 spiro atoms. The van der Waals surface area contributed by atoms with Gasteiger partial charge in [-0.3, -0.25) is 9.59 Å². The number of aromatic nitrogens is 1. The Hall–Kier alpha value is -3.67. The molecule has 0 aliphatic carbocycles. The van der Waals surface area contributed by atoms with E-state index in [2.05, 4.69) is 22.1 Å². The summed E-state index contributed by atoms with van der Waals surface area (Å²) in [6.07, 6.45) is -3.50. The van der Waals surface area contributed by atoms with Crippen LogP contribution in [0.4, 0.5) is 18.9 Å². The normalized spacial score (nSPS) is 16.6. The molecule has 0 saturated carbocycles. The van der Waals surface area contributed by atoms with Gasteiger partial charge in [-0.05, 0) is 37.8 Å². The lowest BCUT2D eigenvalue weighted by Gasteiger charge is -2.36. The number of hydrogen-bond donors (Lipinski definition) is 3. The minimum Gasteiger partial charge on any atom is -0.368 e. The van der Waals surface area contributed by atoms with Crippen LogP contribution in [0.25, 0.3) is 21.8 Å². The van der Waals surface area contributed by atoms with Gasteiger partial charge in [0.1, 0.15) is 0 Å². The smallest absolute Gasteiger partial charge is 0.368 e. The van der Waals surface area contributed by atoms with E-state index in [1.165, 1.54) is 6.92 Å². The number of fused-ring (bicyclic) bond motifs is 3. The van der Waals surface area contributed by atoms with Crippen molar-refractivity contribution in [1.82, 2.24) is 10.3 Å². The first-order valence-electron chi connectivity index (χ1n) is 10.1. The zero-order chi connectivity index (χ0) is 23.0. The number of primary amides is 1. The Morgan fingerprint density at radius 2 is 2.03 bits per heavy atom. The van der Waals surface area contributed by atoms with Crippen molar-refractivity contribution in [3.8, 4) is 11.8 Å². The highest BCUT2D eigenvalue weighted by atomic mass is 19.4. The number of para-hydroxylation sites is 1. The molecule has 4 rings (SSSR count). The van der Waals surface area contributed by atoms with Gasteiger partial charge in [-0.1, -0.05) is 24.1 Å². The number of nitrogens with one attached hydrogen (secondary N) is 2. The number of nitrogens with two attached hydrogens (primary N) is 1. The molecule has 32 heavy (non-hydrogen) atoms. The van der Waals surface area contributed by atoms with Crippen LogP contribution in [0.3, 0.4) is 0 Å². The van der Waals surface area contributed by atoms with Crippen molar-refractivity contribution in [3.05, 3.63) is 41.5 Å². The molecule has 1 saturated heterocycles. The highest BCUT2D eigenvalue weighted by molar-refractivity contribution is 6.20. The van der Waals surface area contributed by atoms with Gasteiger partial charge in [0.25, 0.3) is 11.8 Å². The summed E-state index contributed by atoms with van der Waals surface area (Å²) in [4.78, 5) is 28.7. The van der Waals surface area contributed by atoms with Crippen LogP contribution in [0.5, 0.6) is 0 Å². The molecule has 1 aliphatic rings. The van der Waals surface area contributed by atoms with Crippen LogP contribution < -0.4 is 16.0 Å². The van der Waals surface area contributed by atoms with E-state index >= 15 is 0 Å². The van der Waals surface area contributed by atoms with Crippen molar-refractivity contribution < 1.29 is 22.8 Å². The van der Waals surface area contributed by atoms with Crippen LogP contribution in [0, 0.1) is 11.8 Å². The Labute approximate surface area is 181 Å². The maximum atomic E-state index is 14.2. The quantitative estimate of drug-likeness (QED) is 0.542. The molecule has 2 heterocycles. The third kappa shape index (κ3) is 3.84. The van der Waals surface area contributed by atoms with Crippen LogP contribution in [0.15, 0.2) is 30.3 Å². The summed E-state index contributed by atoms with van der Waals surface area (Å²) in [5.41, 5.74) is 5.16. The van der Waals surface area contributed by atoms with Gasteiger partial charge in [0.2, 0.25) is 0 Å². The third-order valence-corrected chi connectivity index (χ3v) is 5.64. The average molecular weight is 442 g/mol. The van der Waals surface area contributed by atoms with Gasteiger partial charge in [-0.2, -0.15) is 13.2 Å². The number of carbonyl (C=O) groups is 2. The Bertz CT molecular complexity index is 1280. The molecule has 1 aliphatic heterocycles. The van der Waals surface area contributed by atoms with E-state index in [0.29, 0.717) is 35.7 Å². The Morgan fingerprint density at radius 1 is 1.28 bits per heavy atom. The number of benzene rings is 2. The summed E-state index contributed by atoms with van der Waals surface area (Å²) in [7, 11) is 0. The molecule has 3 aromatic rings. The second kappa shape index (κ2) is 8.11. The lowest BCUT2D eigenvalue weighted by atomic mass is 9.97. The van der Waals surface area contributed by atoms with E-state index in [-0.39, 0.29) is 29.4 Å². The van der Waals surface area contributed by atoms with Gasteiger partial charge in [0.05, 0.1) is 22.3 Å². The molecule has 2 aromatic carbocycles. The largest absolute Gasteiger partial charge is 0.418 e. The molecule has 0 unspecified atom stereocenters. The number of halogens is 3. The van der Waals surface area contributed by atoms with Crippen LogP contribution in [0.1, 0.15) is 35.7 Å². The fourth-order valence-electron chi connectivity index (χ4n) is 4.38. The van der Waals surface area contributed by atoms with E-state index < -0.39 is 23.6 Å². The molecular weight excluding hydrogens is 421 g/mol. The van der Waals surface area contributed by atoms with Gasteiger partial charge in [-0.25, -0.2) is 0 Å². The number of aromatic amines is 1. The number of anilines is 1. The highest BCUT2D eigenvalue weighted by Crippen LogP contribution is 2.45. The highest BCUT2D eigenvalue weighted by Gasteiger charge is 2.39. The monoisotopic (exact) mass is 442 g/mol. The SMILES string of the molecule is CC#CC(=O)N[C@@H]1CCCN(c2c(C(F)(F)F)cc(C(N)=O)c3[nH]c4ccccc4c23)C1. The van der Waals surface area contributed by atoms with Crippen molar-refractivity contribution in [2.24, 2.45) is 5.73 Å². The lowest BCUT2D eigenvalue weighted by Crippen LogP contribution is -2.48. The predicted octanol–water partition coefficient (Wildman–Crippen LogP) is 3.55. The van der Waals surface area contributed by atoms with E-state index in [4.69, 9.17) is 5.73 Å². The van der Waals surface area contributed by atoms with E-state index in [1.807, 2.05) is 0 Å². The zero-order valence-electron chi connectivity index (χ0n) is 17.3. The zero-order valence-corrected chi connectivity index (χ0v) is 17.3. The topological polar surface area (TPSA) is 91.2 Å². The van der Waals surface area contributed by atoms with E-state index in [1.54, 1.807) is 29.2 Å². The van der Waals surface area contributed by atoms with E-state index in [0.717, 1.165) is 6.07 Å². The molecule has 4 N–H and O–H groups in total. The number of rotatable bonds is 3. The first-order valence-corrected chi connectivity index (χ1v) is 10.1. The number of amides is 2. The molecule has 1 fully saturated rings. The summed E-state index contributed by atoms with van der Waals surface area (Å²) in [6.45, 7) is 2.10. The Kier molecular flexibility index (Phi) is 5.46. The first-order chi connectivity index (χ1) is 15.2. The molecular formula is C23H21F3N4O2. The molecule has 6 nitrogen and oxygen atoms in total. The summed E-state index contributed by atoms with van der Waals surface area (Å²) in [5, 5.41) is 3.63. The number of H-pyrrole nitrogens is 1. The second-order valence-corrected chi connectivity index (χ2v) is 7.74. The fraction of sp³-hybridized carbons (Fsp3) is 0.304. The number of carbonyl (C=O) groups excluding carboxylic acids is 2. The lowest BCUT2D eigenvalue weighted by molar-refractivity contribution is -0.137. The molecule has 1 aromatic heterocycles. The number of alkyl halides is 3. The van der Waals surface area contributed by atoms with E-state index in [9.17, 15) is 22.8 Å². The molecule has 0 bridgehead atoms. The second-order valence-electron chi connectivity index (χ2n) is 7.74. The summed E-state index contributed by atoms with van der Waals surface area (Å²) in [6, 6.07) is 7.40. The fourth-order valence-corrected chi connectivity index (χ4v) is 4.38. The Balaban J connectivity index is 1.94. The summed E-state index contributed by atoms with van der Waals surface area (Å²) in [5.74, 6) is 3.51. The van der Waals surface area contributed by atoms with Crippen molar-refractivity contribution in [2.45, 2.75) is 32.0 Å². The molecule has 2 amide bonds. The van der Waals surface area contributed by atoms with Crippen molar-refractivity contribution >= 4 is 39.3 Å². The molecule has 9 heteroatoms. The predicted molar refractivity (Wildman–Crippen MR) is 116 cm³/mol. The van der Waals surface area contributed by atoms with Gasteiger partial charge < -0.3 is 20.9 Å². The van der Waals surface area contributed by atoms with Crippen LogP contribution in [0.2, 0.25) is 0 Å².